The Hall–Kier alpha value is -1.16. The van der Waals surface area contributed by atoms with E-state index in [1.54, 1.807) is 10.9 Å². The van der Waals surface area contributed by atoms with Crippen LogP contribution in [0.4, 0.5) is 0 Å². The molecule has 1 aromatic carbocycles. The first-order chi connectivity index (χ1) is 6.86. The van der Waals surface area contributed by atoms with E-state index < -0.39 is 0 Å². The fourth-order valence-corrected chi connectivity index (χ4v) is 1.35. The number of nitrogens with zero attached hydrogens (tertiary/aromatic N) is 3. The Bertz CT molecular complexity index is 371. The molecule has 0 aliphatic rings. The Morgan fingerprint density at radius 2 is 2.07 bits per heavy atom. The van der Waals surface area contributed by atoms with Crippen molar-refractivity contribution in [2.45, 2.75) is 13.8 Å². The molecule has 0 spiro atoms. The van der Waals surface area contributed by atoms with Gasteiger partial charge < -0.3 is 0 Å². The quantitative estimate of drug-likeness (QED) is 0.783. The molecular formula is C10H12BrN3. The minimum atomic E-state index is 1.00. The summed E-state index contributed by atoms with van der Waals surface area (Å²) in [5.41, 5.74) is 1.00. The topological polar surface area (TPSA) is 30.7 Å². The van der Waals surface area contributed by atoms with Crippen molar-refractivity contribution < 1.29 is 0 Å². The van der Waals surface area contributed by atoms with Crippen LogP contribution in [0, 0.1) is 0 Å². The van der Waals surface area contributed by atoms with Crippen LogP contribution in [0.25, 0.3) is 5.69 Å². The van der Waals surface area contributed by atoms with Crippen molar-refractivity contribution in [1.82, 2.24) is 15.0 Å². The molecule has 0 saturated heterocycles. The standard InChI is InChI=1S/C8H6BrN3.C2H6/c9-7-2-1-3-8(6-7)12-5-4-10-11-12;1-2/h1-6H;1-2H3. The molecule has 1 aromatic heterocycles. The van der Waals surface area contributed by atoms with Gasteiger partial charge in [-0.2, -0.15) is 0 Å². The first-order valence-electron chi connectivity index (χ1n) is 4.48. The van der Waals surface area contributed by atoms with Crippen LogP contribution < -0.4 is 0 Å². The van der Waals surface area contributed by atoms with Gasteiger partial charge in [-0.05, 0) is 18.2 Å². The first kappa shape index (κ1) is 10.9. The Balaban J connectivity index is 0.000000461. The van der Waals surface area contributed by atoms with Gasteiger partial charge in [0.15, 0.2) is 0 Å². The third-order valence-corrected chi connectivity index (χ3v) is 1.99. The van der Waals surface area contributed by atoms with Crippen molar-refractivity contribution in [1.29, 1.82) is 0 Å². The Labute approximate surface area is 91.9 Å². The van der Waals surface area contributed by atoms with Gasteiger partial charge >= 0.3 is 0 Å². The first-order valence-corrected chi connectivity index (χ1v) is 5.28. The van der Waals surface area contributed by atoms with Crippen LogP contribution >= 0.6 is 15.9 Å². The number of hydrogen-bond acceptors (Lipinski definition) is 2. The van der Waals surface area contributed by atoms with Crippen LogP contribution in [0.15, 0.2) is 41.1 Å². The van der Waals surface area contributed by atoms with Gasteiger partial charge in [0, 0.05) is 4.47 Å². The molecule has 4 heteroatoms. The van der Waals surface area contributed by atoms with Gasteiger partial charge in [0.2, 0.25) is 0 Å². The molecule has 0 radical (unpaired) electrons. The van der Waals surface area contributed by atoms with Crippen molar-refractivity contribution in [2.75, 3.05) is 0 Å². The number of benzene rings is 1. The maximum atomic E-state index is 3.87. The van der Waals surface area contributed by atoms with Crippen LogP contribution in [0.1, 0.15) is 13.8 Å². The molecule has 1 heterocycles. The highest BCUT2D eigenvalue weighted by atomic mass is 79.9. The molecule has 14 heavy (non-hydrogen) atoms. The summed E-state index contributed by atoms with van der Waals surface area (Å²) in [5, 5.41) is 7.60. The molecule has 0 bridgehead atoms. The maximum absolute atomic E-state index is 3.87. The molecule has 0 amide bonds. The predicted octanol–water partition coefficient (Wildman–Crippen LogP) is 3.06. The third-order valence-electron chi connectivity index (χ3n) is 1.50. The summed E-state index contributed by atoms with van der Waals surface area (Å²) >= 11 is 3.39. The van der Waals surface area contributed by atoms with Crippen LogP contribution in [-0.2, 0) is 0 Å². The van der Waals surface area contributed by atoms with E-state index in [0.717, 1.165) is 10.2 Å². The van der Waals surface area contributed by atoms with E-state index in [2.05, 4.69) is 26.2 Å². The van der Waals surface area contributed by atoms with E-state index in [-0.39, 0.29) is 0 Å². The van der Waals surface area contributed by atoms with Gasteiger partial charge in [0.1, 0.15) is 0 Å². The zero-order valence-electron chi connectivity index (χ0n) is 8.18. The average Bonchev–Trinajstić information content (AvgIpc) is 2.74. The summed E-state index contributed by atoms with van der Waals surface area (Å²) in [6, 6.07) is 7.88. The lowest BCUT2D eigenvalue weighted by Crippen LogP contribution is -1.93. The normalized spacial score (nSPS) is 9.07. The zero-order chi connectivity index (χ0) is 10.4. The van der Waals surface area contributed by atoms with Crippen LogP contribution in [0.2, 0.25) is 0 Å². The molecule has 0 atom stereocenters. The van der Waals surface area contributed by atoms with Crippen molar-refractivity contribution in [3.8, 4) is 5.69 Å². The second-order valence-corrected chi connectivity index (χ2v) is 3.24. The van der Waals surface area contributed by atoms with Gasteiger partial charge in [-0.15, -0.1) is 5.10 Å². The summed E-state index contributed by atoms with van der Waals surface area (Å²) in [7, 11) is 0. The van der Waals surface area contributed by atoms with Crippen molar-refractivity contribution in [3.05, 3.63) is 41.1 Å². The van der Waals surface area contributed by atoms with E-state index in [1.807, 2.05) is 44.3 Å². The highest BCUT2D eigenvalue weighted by Crippen LogP contribution is 2.13. The fourth-order valence-electron chi connectivity index (χ4n) is 0.965. The fraction of sp³-hybridized carbons (Fsp3) is 0.200. The lowest BCUT2D eigenvalue weighted by atomic mass is 10.3. The molecule has 0 unspecified atom stereocenters. The molecule has 0 aliphatic carbocycles. The third kappa shape index (κ3) is 2.67. The predicted molar refractivity (Wildman–Crippen MR) is 60.4 cm³/mol. The van der Waals surface area contributed by atoms with E-state index in [4.69, 9.17) is 0 Å². The molecule has 2 rings (SSSR count). The van der Waals surface area contributed by atoms with Gasteiger partial charge in [-0.25, -0.2) is 4.68 Å². The summed E-state index contributed by atoms with van der Waals surface area (Å²) < 4.78 is 2.75. The molecule has 0 saturated carbocycles. The number of hydrogen-bond donors (Lipinski definition) is 0. The molecule has 74 valence electrons. The highest BCUT2D eigenvalue weighted by molar-refractivity contribution is 9.10. The molecule has 0 fully saturated rings. The zero-order valence-corrected chi connectivity index (χ0v) is 9.77. The second-order valence-electron chi connectivity index (χ2n) is 2.33. The minimum Gasteiger partial charge on any atom is -0.221 e. The highest BCUT2D eigenvalue weighted by Gasteiger charge is 1.95. The Morgan fingerprint density at radius 3 is 2.64 bits per heavy atom. The molecule has 3 nitrogen and oxygen atoms in total. The summed E-state index contributed by atoms with van der Waals surface area (Å²) in [6.07, 6.45) is 3.46. The molecule has 2 aromatic rings. The average molecular weight is 254 g/mol. The molecular weight excluding hydrogens is 242 g/mol. The van der Waals surface area contributed by atoms with Crippen molar-refractivity contribution in [2.24, 2.45) is 0 Å². The van der Waals surface area contributed by atoms with Crippen molar-refractivity contribution >= 4 is 15.9 Å². The van der Waals surface area contributed by atoms with Gasteiger partial charge in [0.05, 0.1) is 18.1 Å². The lowest BCUT2D eigenvalue weighted by molar-refractivity contribution is 0.803. The smallest absolute Gasteiger partial charge is 0.0697 e. The molecule has 0 aliphatic heterocycles. The second kappa shape index (κ2) is 5.54. The minimum absolute atomic E-state index is 1.00. The Kier molecular flexibility index (Phi) is 4.32. The van der Waals surface area contributed by atoms with E-state index in [0.29, 0.717) is 0 Å². The van der Waals surface area contributed by atoms with Gasteiger partial charge in [0.25, 0.3) is 0 Å². The van der Waals surface area contributed by atoms with Crippen LogP contribution in [0.3, 0.4) is 0 Å². The van der Waals surface area contributed by atoms with Gasteiger partial charge in [-0.1, -0.05) is 41.1 Å². The van der Waals surface area contributed by atoms with Crippen molar-refractivity contribution in [3.63, 3.8) is 0 Å². The van der Waals surface area contributed by atoms with Gasteiger partial charge in [-0.3, -0.25) is 0 Å². The summed E-state index contributed by atoms with van der Waals surface area (Å²) in [5.74, 6) is 0. The maximum Gasteiger partial charge on any atom is 0.0697 e. The van der Waals surface area contributed by atoms with E-state index >= 15 is 0 Å². The van der Waals surface area contributed by atoms with E-state index in [1.165, 1.54) is 0 Å². The number of aromatic nitrogens is 3. The van der Waals surface area contributed by atoms with E-state index in [9.17, 15) is 0 Å². The monoisotopic (exact) mass is 253 g/mol. The van der Waals surface area contributed by atoms with Crippen LogP contribution in [0.5, 0.6) is 0 Å². The van der Waals surface area contributed by atoms with Crippen LogP contribution in [-0.4, -0.2) is 15.0 Å². The summed E-state index contributed by atoms with van der Waals surface area (Å²) in [4.78, 5) is 0. The molecule has 0 N–H and O–H groups in total. The number of halogens is 1. The lowest BCUT2D eigenvalue weighted by Gasteiger charge is -1.98. The summed E-state index contributed by atoms with van der Waals surface area (Å²) in [6.45, 7) is 4.00. The Morgan fingerprint density at radius 1 is 1.29 bits per heavy atom. The largest absolute Gasteiger partial charge is 0.221 e. The number of rotatable bonds is 1. The SMILES string of the molecule is Brc1cccc(-n2ccnn2)c1.CC.